The molecule has 0 saturated carbocycles. The molecule has 0 bridgehead atoms. The predicted molar refractivity (Wildman–Crippen MR) is 134 cm³/mol. The molecule has 0 spiro atoms. The standard InChI is InChI=1S/C29H32N2O3/c1-4-5-6-7-8-17-34-25-15-13-23(14-16-25)18-26-22(3)27(19-30)29(33)31(28(26)32)20-24-11-9-21(2)10-12-24/h9-16,18H,4-8,17,20H2,1-3H3/b26-18+. The van der Waals surface area contributed by atoms with Crippen LogP contribution in [0.4, 0.5) is 0 Å². The van der Waals surface area contributed by atoms with Crippen LogP contribution in [0.1, 0.15) is 62.6 Å². The third kappa shape index (κ3) is 6.23. The number of carbonyl (C=O) groups excluding carboxylic acids is 2. The summed E-state index contributed by atoms with van der Waals surface area (Å²) in [5, 5.41) is 9.60. The lowest BCUT2D eigenvalue weighted by molar-refractivity contribution is -0.141. The molecule has 2 amide bonds. The summed E-state index contributed by atoms with van der Waals surface area (Å²) in [5.41, 5.74) is 3.50. The maximum Gasteiger partial charge on any atom is 0.271 e. The molecule has 5 heteroatoms. The topological polar surface area (TPSA) is 70.4 Å². The lowest BCUT2D eigenvalue weighted by Crippen LogP contribution is -2.42. The molecule has 1 aliphatic rings. The van der Waals surface area contributed by atoms with Crippen LogP contribution < -0.4 is 4.74 Å². The summed E-state index contributed by atoms with van der Waals surface area (Å²) in [6.07, 6.45) is 7.66. The number of amides is 2. The Bertz CT molecular complexity index is 1120. The number of benzene rings is 2. The van der Waals surface area contributed by atoms with Gasteiger partial charge < -0.3 is 4.74 Å². The van der Waals surface area contributed by atoms with Gasteiger partial charge in [0.2, 0.25) is 0 Å². The highest BCUT2D eigenvalue weighted by Crippen LogP contribution is 2.28. The first kappa shape index (κ1) is 25.0. The SMILES string of the molecule is CCCCCCCOc1ccc(/C=C2/C(=O)N(Cc3ccc(C)cc3)C(=O)C(C#N)=C2C)cc1. The average molecular weight is 457 g/mol. The summed E-state index contributed by atoms with van der Waals surface area (Å²) < 4.78 is 5.82. The average Bonchev–Trinajstić information content (AvgIpc) is 2.84. The van der Waals surface area contributed by atoms with Crippen molar-refractivity contribution in [2.24, 2.45) is 0 Å². The highest BCUT2D eigenvalue weighted by molar-refractivity contribution is 6.19. The number of imide groups is 1. The van der Waals surface area contributed by atoms with Crippen LogP contribution in [0.15, 0.2) is 65.3 Å². The van der Waals surface area contributed by atoms with Gasteiger partial charge in [-0.2, -0.15) is 5.26 Å². The Labute approximate surface area is 202 Å². The van der Waals surface area contributed by atoms with E-state index in [9.17, 15) is 14.9 Å². The van der Waals surface area contributed by atoms with Gasteiger partial charge in [0.25, 0.3) is 11.8 Å². The number of aryl methyl sites for hydroxylation is 1. The van der Waals surface area contributed by atoms with E-state index in [1.165, 1.54) is 25.7 Å². The summed E-state index contributed by atoms with van der Waals surface area (Å²) in [7, 11) is 0. The molecular weight excluding hydrogens is 424 g/mol. The number of ether oxygens (including phenoxy) is 1. The second kappa shape index (κ2) is 12.0. The molecule has 2 aromatic carbocycles. The molecule has 0 atom stereocenters. The molecule has 0 unspecified atom stereocenters. The Balaban J connectivity index is 1.76. The van der Waals surface area contributed by atoms with Crippen molar-refractivity contribution in [2.75, 3.05) is 6.61 Å². The third-order valence-electron chi connectivity index (χ3n) is 5.99. The van der Waals surface area contributed by atoms with Gasteiger partial charge >= 0.3 is 0 Å². The molecule has 0 fully saturated rings. The van der Waals surface area contributed by atoms with Crippen LogP contribution in [-0.4, -0.2) is 23.3 Å². The molecule has 0 radical (unpaired) electrons. The Hall–Kier alpha value is -3.65. The van der Waals surface area contributed by atoms with Crippen LogP contribution in [0.2, 0.25) is 0 Å². The smallest absolute Gasteiger partial charge is 0.271 e. The van der Waals surface area contributed by atoms with Gasteiger partial charge in [-0.3, -0.25) is 14.5 Å². The van der Waals surface area contributed by atoms with E-state index in [4.69, 9.17) is 4.74 Å². The molecule has 1 heterocycles. The molecule has 0 aromatic heterocycles. The maximum absolute atomic E-state index is 13.3. The molecule has 5 nitrogen and oxygen atoms in total. The summed E-state index contributed by atoms with van der Waals surface area (Å²) in [6.45, 7) is 6.64. The fraction of sp³-hybridized carbons (Fsp3) is 0.345. The minimum absolute atomic E-state index is 0.000915. The van der Waals surface area contributed by atoms with E-state index < -0.39 is 11.8 Å². The quantitative estimate of drug-likeness (QED) is 0.245. The highest BCUT2D eigenvalue weighted by Gasteiger charge is 2.35. The van der Waals surface area contributed by atoms with Crippen molar-refractivity contribution in [1.82, 2.24) is 4.90 Å². The summed E-state index contributed by atoms with van der Waals surface area (Å²) >= 11 is 0. The van der Waals surface area contributed by atoms with Crippen molar-refractivity contribution in [1.29, 1.82) is 5.26 Å². The van der Waals surface area contributed by atoms with E-state index in [-0.39, 0.29) is 12.1 Å². The minimum atomic E-state index is -0.551. The Morgan fingerprint density at radius 1 is 0.912 bits per heavy atom. The van der Waals surface area contributed by atoms with E-state index in [1.54, 1.807) is 13.0 Å². The third-order valence-corrected chi connectivity index (χ3v) is 5.99. The van der Waals surface area contributed by atoms with Crippen molar-refractivity contribution < 1.29 is 14.3 Å². The van der Waals surface area contributed by atoms with Crippen molar-refractivity contribution >= 4 is 17.9 Å². The summed E-state index contributed by atoms with van der Waals surface area (Å²) in [5.74, 6) is -0.159. The predicted octanol–water partition coefficient (Wildman–Crippen LogP) is 6.14. The van der Waals surface area contributed by atoms with E-state index >= 15 is 0 Å². The summed E-state index contributed by atoms with van der Waals surface area (Å²) in [4.78, 5) is 27.3. The largest absolute Gasteiger partial charge is 0.494 e. The number of nitrogens with zero attached hydrogens (tertiary/aromatic N) is 2. The zero-order valence-corrected chi connectivity index (χ0v) is 20.3. The number of unbranched alkanes of at least 4 members (excludes halogenated alkanes) is 4. The lowest BCUT2D eigenvalue weighted by atomic mass is 9.93. The van der Waals surface area contributed by atoms with E-state index in [0.717, 1.165) is 33.8 Å². The van der Waals surface area contributed by atoms with Gasteiger partial charge in [-0.15, -0.1) is 0 Å². The molecule has 34 heavy (non-hydrogen) atoms. The van der Waals surface area contributed by atoms with Gasteiger partial charge in [0, 0.05) is 5.57 Å². The second-order valence-electron chi connectivity index (χ2n) is 8.68. The van der Waals surface area contributed by atoms with Gasteiger partial charge in [0.1, 0.15) is 17.4 Å². The molecule has 2 aromatic rings. The first-order chi connectivity index (χ1) is 16.4. The van der Waals surface area contributed by atoms with E-state index in [0.29, 0.717) is 17.8 Å². The van der Waals surface area contributed by atoms with Gasteiger partial charge in [-0.1, -0.05) is 74.6 Å². The number of hydrogen-bond donors (Lipinski definition) is 0. The Morgan fingerprint density at radius 3 is 2.24 bits per heavy atom. The van der Waals surface area contributed by atoms with E-state index in [1.807, 2.05) is 61.5 Å². The van der Waals surface area contributed by atoms with Crippen molar-refractivity contribution in [3.63, 3.8) is 0 Å². The van der Waals surface area contributed by atoms with Gasteiger partial charge in [-0.25, -0.2) is 0 Å². The molecule has 0 aliphatic carbocycles. The number of carbonyl (C=O) groups is 2. The van der Waals surface area contributed by atoms with Crippen LogP contribution in [-0.2, 0) is 16.1 Å². The monoisotopic (exact) mass is 456 g/mol. The second-order valence-corrected chi connectivity index (χ2v) is 8.68. The Kier molecular flexibility index (Phi) is 8.81. The van der Waals surface area contributed by atoms with Gasteiger partial charge in [-0.05, 0) is 55.2 Å². The van der Waals surface area contributed by atoms with Crippen molar-refractivity contribution in [3.8, 4) is 11.8 Å². The number of rotatable bonds is 10. The van der Waals surface area contributed by atoms with Crippen LogP contribution in [0.3, 0.4) is 0 Å². The van der Waals surface area contributed by atoms with Gasteiger partial charge in [0.15, 0.2) is 0 Å². The first-order valence-corrected chi connectivity index (χ1v) is 11.9. The zero-order valence-electron chi connectivity index (χ0n) is 20.3. The number of nitriles is 1. The maximum atomic E-state index is 13.3. The van der Waals surface area contributed by atoms with Crippen LogP contribution in [0.5, 0.6) is 5.75 Å². The molecule has 0 N–H and O–H groups in total. The molecule has 1 aliphatic heterocycles. The number of hydrogen-bond acceptors (Lipinski definition) is 4. The fourth-order valence-electron chi connectivity index (χ4n) is 3.87. The van der Waals surface area contributed by atoms with Crippen LogP contribution >= 0.6 is 0 Å². The molecule has 3 rings (SSSR count). The summed E-state index contributed by atoms with van der Waals surface area (Å²) in [6, 6.07) is 17.2. The molecule has 0 saturated heterocycles. The van der Waals surface area contributed by atoms with E-state index in [2.05, 4.69) is 6.92 Å². The van der Waals surface area contributed by atoms with Crippen molar-refractivity contribution in [2.45, 2.75) is 59.4 Å². The van der Waals surface area contributed by atoms with Crippen LogP contribution in [0, 0.1) is 18.3 Å². The fourth-order valence-corrected chi connectivity index (χ4v) is 3.87. The van der Waals surface area contributed by atoms with Crippen LogP contribution in [0.25, 0.3) is 6.08 Å². The molecule has 176 valence electrons. The normalized spacial score (nSPS) is 15.1. The lowest BCUT2D eigenvalue weighted by Gasteiger charge is -2.27. The zero-order chi connectivity index (χ0) is 24.5. The van der Waals surface area contributed by atoms with Gasteiger partial charge in [0.05, 0.1) is 13.2 Å². The Morgan fingerprint density at radius 2 is 1.59 bits per heavy atom. The molecular formula is C29H32N2O3. The highest BCUT2D eigenvalue weighted by atomic mass is 16.5. The van der Waals surface area contributed by atoms with Crippen molar-refractivity contribution in [3.05, 3.63) is 81.9 Å². The minimum Gasteiger partial charge on any atom is -0.494 e. The first-order valence-electron chi connectivity index (χ1n) is 11.9.